The Bertz CT molecular complexity index is 622. The van der Waals surface area contributed by atoms with E-state index in [0.717, 1.165) is 12.8 Å². The quantitative estimate of drug-likeness (QED) is 0.805. The van der Waals surface area contributed by atoms with Crippen molar-refractivity contribution in [2.24, 2.45) is 5.92 Å². The summed E-state index contributed by atoms with van der Waals surface area (Å²) in [5.41, 5.74) is 5.23. The van der Waals surface area contributed by atoms with Crippen LogP contribution in [0.4, 0.5) is 5.69 Å². The largest absolute Gasteiger partial charge is 0.399 e. The van der Waals surface area contributed by atoms with Gasteiger partial charge in [-0.05, 0) is 52.9 Å². The van der Waals surface area contributed by atoms with Crippen LogP contribution in [0.2, 0.25) is 0 Å². The molecule has 1 aromatic rings. The number of nitrogens with two attached hydrogens (primary N) is 1. The molecule has 1 heterocycles. The third-order valence-electron chi connectivity index (χ3n) is 3.81. The van der Waals surface area contributed by atoms with Crippen molar-refractivity contribution in [3.63, 3.8) is 0 Å². The molecule has 0 radical (unpaired) electrons. The first-order valence-corrected chi connectivity index (χ1v) is 8.34. The molecule has 3 N–H and O–H groups in total. The third kappa shape index (κ3) is 2.18. The van der Waals surface area contributed by atoms with Gasteiger partial charge < -0.3 is 10.8 Å². The molecule has 1 saturated carbocycles. The molecule has 7 heteroatoms. The first-order valence-electron chi connectivity index (χ1n) is 6.10. The minimum Gasteiger partial charge on any atom is -0.399 e. The predicted octanol–water partition coefficient (Wildman–Crippen LogP) is 1.18. The Balaban J connectivity index is 1.86. The SMILES string of the molecule is Nc1ccc(Br)c(S(=O)(=O)N2CC(O)(C3CC3)C2)c1. The Hall–Kier alpha value is -0.630. The standard InChI is InChI=1S/C12H15BrN2O3S/c13-10-4-3-9(14)5-11(10)19(17,18)15-6-12(16,7-15)8-1-2-8/h3-5,8,16H,1-2,6-7,14H2. The Morgan fingerprint density at radius 2 is 2.00 bits per heavy atom. The van der Waals surface area contributed by atoms with E-state index in [9.17, 15) is 13.5 Å². The number of sulfonamides is 1. The lowest BCUT2D eigenvalue weighted by Gasteiger charge is -2.45. The van der Waals surface area contributed by atoms with Crippen LogP contribution in [0.1, 0.15) is 12.8 Å². The number of β-amino-alcohol motifs (C(OH)–C–C–N with tert-alkyl or cyclic N) is 1. The van der Waals surface area contributed by atoms with Crippen molar-refractivity contribution < 1.29 is 13.5 Å². The molecule has 5 nitrogen and oxygen atoms in total. The minimum atomic E-state index is -3.59. The first-order chi connectivity index (χ1) is 8.83. The average molecular weight is 347 g/mol. The van der Waals surface area contributed by atoms with Crippen molar-refractivity contribution in [3.8, 4) is 0 Å². The maximum absolute atomic E-state index is 12.4. The number of hydrogen-bond donors (Lipinski definition) is 2. The summed E-state index contributed by atoms with van der Waals surface area (Å²) < 4.78 is 26.7. The number of benzene rings is 1. The first kappa shape index (κ1) is 13.4. The molecule has 0 bridgehead atoms. The van der Waals surface area contributed by atoms with Gasteiger partial charge in [-0.2, -0.15) is 4.31 Å². The van der Waals surface area contributed by atoms with Crippen LogP contribution < -0.4 is 5.73 Å². The summed E-state index contributed by atoms with van der Waals surface area (Å²) in [5, 5.41) is 10.2. The number of rotatable bonds is 3. The van der Waals surface area contributed by atoms with Gasteiger partial charge in [0.1, 0.15) is 0 Å². The van der Waals surface area contributed by atoms with E-state index in [-0.39, 0.29) is 23.9 Å². The van der Waals surface area contributed by atoms with Crippen LogP contribution in [-0.2, 0) is 10.0 Å². The lowest BCUT2D eigenvalue weighted by Crippen LogP contribution is -2.64. The van der Waals surface area contributed by atoms with Crippen molar-refractivity contribution in [1.82, 2.24) is 4.31 Å². The van der Waals surface area contributed by atoms with E-state index in [1.54, 1.807) is 12.1 Å². The molecular weight excluding hydrogens is 332 g/mol. The number of halogens is 1. The van der Waals surface area contributed by atoms with Gasteiger partial charge in [-0.1, -0.05) is 0 Å². The normalized spacial score (nSPS) is 23.1. The lowest BCUT2D eigenvalue weighted by molar-refractivity contribution is -0.0764. The number of nitrogens with zero attached hydrogens (tertiary/aromatic N) is 1. The molecule has 0 spiro atoms. The van der Waals surface area contributed by atoms with E-state index < -0.39 is 15.6 Å². The van der Waals surface area contributed by atoms with Gasteiger partial charge in [0.25, 0.3) is 0 Å². The Kier molecular flexibility index (Phi) is 2.94. The number of aliphatic hydroxyl groups is 1. The zero-order valence-corrected chi connectivity index (χ0v) is 12.6. The molecule has 2 fully saturated rings. The summed E-state index contributed by atoms with van der Waals surface area (Å²) in [4.78, 5) is 0.158. The van der Waals surface area contributed by atoms with Crippen LogP contribution in [-0.4, -0.2) is 36.5 Å². The van der Waals surface area contributed by atoms with E-state index in [4.69, 9.17) is 5.73 Å². The number of anilines is 1. The molecule has 2 aliphatic rings. The van der Waals surface area contributed by atoms with Crippen molar-refractivity contribution in [2.45, 2.75) is 23.3 Å². The van der Waals surface area contributed by atoms with Crippen LogP contribution in [0, 0.1) is 5.92 Å². The van der Waals surface area contributed by atoms with Gasteiger partial charge in [-0.3, -0.25) is 0 Å². The van der Waals surface area contributed by atoms with Crippen molar-refractivity contribution in [3.05, 3.63) is 22.7 Å². The molecule has 0 unspecified atom stereocenters. The molecule has 0 amide bonds. The van der Waals surface area contributed by atoms with Gasteiger partial charge in [-0.25, -0.2) is 8.42 Å². The summed E-state index contributed by atoms with van der Waals surface area (Å²) in [6.45, 7) is 0.364. The van der Waals surface area contributed by atoms with E-state index in [1.807, 2.05) is 0 Å². The van der Waals surface area contributed by atoms with Crippen LogP contribution in [0.15, 0.2) is 27.6 Å². The molecule has 3 rings (SSSR count). The summed E-state index contributed by atoms with van der Waals surface area (Å²) in [6, 6.07) is 4.70. The fourth-order valence-corrected chi connectivity index (χ4v) is 4.99. The minimum absolute atomic E-state index is 0.158. The van der Waals surface area contributed by atoms with Crippen LogP contribution in [0.25, 0.3) is 0 Å². The molecular formula is C12H15BrN2O3S. The molecule has 1 aromatic carbocycles. The maximum atomic E-state index is 12.4. The maximum Gasteiger partial charge on any atom is 0.244 e. The number of hydrogen-bond acceptors (Lipinski definition) is 4. The summed E-state index contributed by atoms with van der Waals surface area (Å²) in [5.74, 6) is 0.267. The molecule has 0 aromatic heterocycles. The van der Waals surface area contributed by atoms with E-state index >= 15 is 0 Å². The summed E-state index contributed by atoms with van der Waals surface area (Å²) in [7, 11) is -3.59. The topological polar surface area (TPSA) is 83.6 Å². The van der Waals surface area contributed by atoms with Crippen molar-refractivity contribution in [1.29, 1.82) is 0 Å². The highest BCUT2D eigenvalue weighted by Crippen LogP contribution is 2.46. The van der Waals surface area contributed by atoms with Gasteiger partial charge in [0.05, 0.1) is 10.5 Å². The molecule has 1 saturated heterocycles. The van der Waals surface area contributed by atoms with Crippen molar-refractivity contribution in [2.75, 3.05) is 18.8 Å². The second-order valence-corrected chi connectivity index (χ2v) is 8.10. The summed E-state index contributed by atoms with van der Waals surface area (Å²) >= 11 is 3.23. The fourth-order valence-electron chi connectivity index (χ4n) is 2.47. The predicted molar refractivity (Wildman–Crippen MR) is 75.0 cm³/mol. The smallest absolute Gasteiger partial charge is 0.244 e. The molecule has 1 aliphatic heterocycles. The average Bonchev–Trinajstić information content (AvgIpc) is 3.12. The Morgan fingerprint density at radius 3 is 2.58 bits per heavy atom. The third-order valence-corrected chi connectivity index (χ3v) is 6.60. The van der Waals surface area contributed by atoms with Crippen molar-refractivity contribution >= 4 is 31.6 Å². The van der Waals surface area contributed by atoms with Gasteiger partial charge in [0.15, 0.2) is 0 Å². The molecule has 104 valence electrons. The molecule has 0 atom stereocenters. The van der Waals surface area contributed by atoms with E-state index in [1.165, 1.54) is 10.4 Å². The van der Waals surface area contributed by atoms with Crippen LogP contribution >= 0.6 is 15.9 Å². The van der Waals surface area contributed by atoms with E-state index in [0.29, 0.717) is 10.2 Å². The van der Waals surface area contributed by atoms with E-state index in [2.05, 4.69) is 15.9 Å². The zero-order valence-electron chi connectivity index (χ0n) is 10.2. The Labute approximate surface area is 120 Å². The van der Waals surface area contributed by atoms with Gasteiger partial charge in [0, 0.05) is 23.2 Å². The summed E-state index contributed by atoms with van der Waals surface area (Å²) in [6.07, 6.45) is 1.98. The second-order valence-electron chi connectivity index (χ2n) is 5.34. The van der Waals surface area contributed by atoms with Crippen LogP contribution in [0.3, 0.4) is 0 Å². The van der Waals surface area contributed by atoms with Gasteiger partial charge in [-0.15, -0.1) is 0 Å². The highest BCUT2D eigenvalue weighted by Gasteiger charge is 2.55. The molecule has 1 aliphatic carbocycles. The van der Waals surface area contributed by atoms with Gasteiger partial charge >= 0.3 is 0 Å². The monoisotopic (exact) mass is 346 g/mol. The highest BCUT2D eigenvalue weighted by molar-refractivity contribution is 9.10. The molecule has 19 heavy (non-hydrogen) atoms. The zero-order chi connectivity index (χ0) is 13.8. The number of nitrogen functional groups attached to an aromatic ring is 1. The fraction of sp³-hybridized carbons (Fsp3) is 0.500. The van der Waals surface area contributed by atoms with Crippen LogP contribution in [0.5, 0.6) is 0 Å². The second kappa shape index (κ2) is 4.18. The highest BCUT2D eigenvalue weighted by atomic mass is 79.9. The van der Waals surface area contributed by atoms with Gasteiger partial charge in [0.2, 0.25) is 10.0 Å². The lowest BCUT2D eigenvalue weighted by atomic mass is 9.91. The Morgan fingerprint density at radius 1 is 1.37 bits per heavy atom.